The molecule has 0 fully saturated rings. The molecule has 8 nitrogen and oxygen atoms in total. The highest BCUT2D eigenvalue weighted by Crippen LogP contribution is 2.29. The summed E-state index contributed by atoms with van der Waals surface area (Å²) in [4.78, 5) is 22.8. The fourth-order valence-corrected chi connectivity index (χ4v) is 2.18. The van der Waals surface area contributed by atoms with Gasteiger partial charge in [-0.05, 0) is 25.1 Å². The molecule has 2 rings (SSSR count). The normalized spacial score (nSPS) is 11.3. The van der Waals surface area contributed by atoms with Gasteiger partial charge in [-0.3, -0.25) is 14.9 Å². The molecule has 0 aliphatic heterocycles. The fraction of sp³-hybridized carbons (Fsp3) is 0.235. The number of nitro groups is 1. The standard InChI is InChI=1S/C17H19N3O5/c1-11(18-12-5-4-6-14(9-12)24-2)17(21)19-15-10-13(20(22)23)7-8-16(15)25-3/h4-11,18H,1-3H3,(H,19,21)/t11-/m0/s1. The number of nitro benzene ring substituents is 1. The number of hydrogen-bond acceptors (Lipinski definition) is 6. The SMILES string of the molecule is COc1cccc(N[C@@H](C)C(=O)Nc2cc([N+](=O)[O-])ccc2OC)c1. The van der Waals surface area contributed by atoms with Crippen LogP contribution in [0.25, 0.3) is 0 Å². The minimum absolute atomic E-state index is 0.135. The van der Waals surface area contributed by atoms with E-state index in [1.54, 1.807) is 38.3 Å². The number of nitrogens with zero attached hydrogens (tertiary/aromatic N) is 1. The lowest BCUT2D eigenvalue weighted by molar-refractivity contribution is -0.384. The monoisotopic (exact) mass is 345 g/mol. The van der Waals surface area contributed by atoms with Gasteiger partial charge in [0.15, 0.2) is 0 Å². The van der Waals surface area contributed by atoms with Crippen LogP contribution in [0.2, 0.25) is 0 Å². The van der Waals surface area contributed by atoms with Crippen LogP contribution in [-0.4, -0.2) is 31.1 Å². The summed E-state index contributed by atoms with van der Waals surface area (Å²) in [5.41, 5.74) is 0.818. The van der Waals surface area contributed by atoms with E-state index in [1.165, 1.54) is 25.3 Å². The molecule has 1 amide bonds. The van der Waals surface area contributed by atoms with Crippen molar-refractivity contribution in [2.24, 2.45) is 0 Å². The van der Waals surface area contributed by atoms with Gasteiger partial charge in [0.2, 0.25) is 5.91 Å². The Balaban J connectivity index is 2.12. The summed E-state index contributed by atoms with van der Waals surface area (Å²) in [5.74, 6) is 0.645. The number of methoxy groups -OCH3 is 2. The highest BCUT2D eigenvalue weighted by Gasteiger charge is 2.17. The molecule has 8 heteroatoms. The maximum atomic E-state index is 12.4. The van der Waals surface area contributed by atoms with Crippen LogP contribution >= 0.6 is 0 Å². The van der Waals surface area contributed by atoms with Gasteiger partial charge in [-0.15, -0.1) is 0 Å². The quantitative estimate of drug-likeness (QED) is 0.590. The van der Waals surface area contributed by atoms with Crippen molar-refractivity contribution in [1.29, 1.82) is 0 Å². The zero-order valence-corrected chi connectivity index (χ0v) is 14.1. The number of benzene rings is 2. The molecule has 0 saturated carbocycles. The minimum atomic E-state index is -0.587. The lowest BCUT2D eigenvalue weighted by Gasteiger charge is -2.17. The Bertz CT molecular complexity index is 779. The Morgan fingerprint density at radius 3 is 2.56 bits per heavy atom. The molecule has 2 aromatic rings. The highest BCUT2D eigenvalue weighted by atomic mass is 16.6. The van der Waals surface area contributed by atoms with Crippen LogP contribution in [0, 0.1) is 10.1 Å². The summed E-state index contributed by atoms with van der Waals surface area (Å²) in [7, 11) is 2.98. The van der Waals surface area contributed by atoms with E-state index in [2.05, 4.69) is 10.6 Å². The molecule has 25 heavy (non-hydrogen) atoms. The zero-order valence-electron chi connectivity index (χ0n) is 14.1. The molecule has 0 heterocycles. The Labute approximate surface area is 144 Å². The number of carbonyl (C=O) groups excluding carboxylic acids is 1. The Morgan fingerprint density at radius 2 is 1.92 bits per heavy atom. The van der Waals surface area contributed by atoms with Gasteiger partial charge < -0.3 is 20.1 Å². The first-order chi connectivity index (χ1) is 11.9. The summed E-state index contributed by atoms with van der Waals surface area (Å²) >= 11 is 0. The van der Waals surface area contributed by atoms with Crippen molar-refractivity contribution in [2.75, 3.05) is 24.9 Å². The number of ether oxygens (including phenoxy) is 2. The lowest BCUT2D eigenvalue weighted by atomic mass is 10.2. The maximum Gasteiger partial charge on any atom is 0.271 e. The van der Waals surface area contributed by atoms with E-state index >= 15 is 0 Å². The molecule has 0 radical (unpaired) electrons. The van der Waals surface area contributed by atoms with E-state index in [4.69, 9.17) is 9.47 Å². The van der Waals surface area contributed by atoms with Gasteiger partial charge in [0, 0.05) is 23.9 Å². The number of hydrogen-bond donors (Lipinski definition) is 2. The van der Waals surface area contributed by atoms with Gasteiger partial charge in [0.25, 0.3) is 5.69 Å². The fourth-order valence-electron chi connectivity index (χ4n) is 2.18. The van der Waals surface area contributed by atoms with Crippen LogP contribution in [0.15, 0.2) is 42.5 Å². The van der Waals surface area contributed by atoms with Crippen LogP contribution in [0.4, 0.5) is 17.1 Å². The molecular weight excluding hydrogens is 326 g/mol. The van der Waals surface area contributed by atoms with E-state index in [0.29, 0.717) is 17.2 Å². The molecule has 0 saturated heterocycles. The predicted octanol–water partition coefficient (Wildman–Crippen LogP) is 3.05. The van der Waals surface area contributed by atoms with Crippen molar-refractivity contribution in [3.05, 3.63) is 52.6 Å². The maximum absolute atomic E-state index is 12.4. The van der Waals surface area contributed by atoms with E-state index in [-0.39, 0.29) is 17.3 Å². The minimum Gasteiger partial charge on any atom is -0.497 e. The van der Waals surface area contributed by atoms with Crippen molar-refractivity contribution in [1.82, 2.24) is 0 Å². The van der Waals surface area contributed by atoms with Gasteiger partial charge in [-0.2, -0.15) is 0 Å². The average Bonchev–Trinajstić information content (AvgIpc) is 2.61. The molecule has 2 aromatic carbocycles. The summed E-state index contributed by atoms with van der Waals surface area (Å²) < 4.78 is 10.3. The van der Waals surface area contributed by atoms with E-state index in [9.17, 15) is 14.9 Å². The van der Waals surface area contributed by atoms with Crippen molar-refractivity contribution in [2.45, 2.75) is 13.0 Å². The topological polar surface area (TPSA) is 103 Å². The number of anilines is 2. The Kier molecular flexibility index (Phi) is 5.78. The van der Waals surface area contributed by atoms with Gasteiger partial charge in [-0.25, -0.2) is 0 Å². The largest absolute Gasteiger partial charge is 0.497 e. The van der Waals surface area contributed by atoms with Crippen molar-refractivity contribution in [3.63, 3.8) is 0 Å². The molecule has 0 aromatic heterocycles. The van der Waals surface area contributed by atoms with Gasteiger partial charge in [-0.1, -0.05) is 6.07 Å². The number of nitrogens with one attached hydrogen (secondary N) is 2. The molecule has 132 valence electrons. The third kappa shape index (κ3) is 4.60. The van der Waals surface area contributed by atoms with Crippen molar-refractivity contribution in [3.8, 4) is 11.5 Å². The van der Waals surface area contributed by atoms with Crippen LogP contribution in [0.5, 0.6) is 11.5 Å². The van der Waals surface area contributed by atoms with Crippen LogP contribution in [0.1, 0.15) is 6.92 Å². The van der Waals surface area contributed by atoms with Crippen molar-refractivity contribution >= 4 is 23.0 Å². The number of amides is 1. The second kappa shape index (κ2) is 8.00. The second-order valence-corrected chi connectivity index (χ2v) is 5.23. The van der Waals surface area contributed by atoms with Crippen LogP contribution in [-0.2, 0) is 4.79 Å². The highest BCUT2D eigenvalue weighted by molar-refractivity contribution is 5.97. The van der Waals surface area contributed by atoms with E-state index < -0.39 is 11.0 Å². The molecule has 0 unspecified atom stereocenters. The van der Waals surface area contributed by atoms with Crippen LogP contribution < -0.4 is 20.1 Å². The number of rotatable bonds is 7. The molecule has 0 aliphatic carbocycles. The number of carbonyl (C=O) groups is 1. The molecule has 0 bridgehead atoms. The predicted molar refractivity (Wildman–Crippen MR) is 94.4 cm³/mol. The smallest absolute Gasteiger partial charge is 0.271 e. The average molecular weight is 345 g/mol. The summed E-state index contributed by atoms with van der Waals surface area (Å²) in [6.07, 6.45) is 0. The Morgan fingerprint density at radius 1 is 1.16 bits per heavy atom. The van der Waals surface area contributed by atoms with Crippen molar-refractivity contribution < 1.29 is 19.2 Å². The van der Waals surface area contributed by atoms with Gasteiger partial charge in [0.05, 0.1) is 24.8 Å². The Hall–Kier alpha value is -3.29. The third-order valence-electron chi connectivity index (χ3n) is 3.50. The lowest BCUT2D eigenvalue weighted by Crippen LogP contribution is -2.32. The number of non-ortho nitro benzene ring substituents is 1. The van der Waals surface area contributed by atoms with E-state index in [1.807, 2.05) is 0 Å². The summed E-state index contributed by atoms with van der Waals surface area (Å²) in [6, 6.07) is 10.6. The molecule has 2 N–H and O–H groups in total. The van der Waals surface area contributed by atoms with Gasteiger partial charge >= 0.3 is 0 Å². The molecule has 0 aliphatic rings. The summed E-state index contributed by atoms with van der Waals surface area (Å²) in [6.45, 7) is 1.68. The third-order valence-corrected chi connectivity index (χ3v) is 3.50. The molecule has 1 atom stereocenters. The zero-order chi connectivity index (χ0) is 18.4. The van der Waals surface area contributed by atoms with Gasteiger partial charge in [0.1, 0.15) is 17.5 Å². The first-order valence-electron chi connectivity index (χ1n) is 7.48. The molecular formula is C17H19N3O5. The first-order valence-corrected chi connectivity index (χ1v) is 7.48. The first kappa shape index (κ1) is 18.1. The van der Waals surface area contributed by atoms with Crippen LogP contribution in [0.3, 0.4) is 0 Å². The second-order valence-electron chi connectivity index (χ2n) is 5.23. The van der Waals surface area contributed by atoms with E-state index in [0.717, 1.165) is 0 Å². The molecule has 0 spiro atoms. The summed E-state index contributed by atoms with van der Waals surface area (Å²) in [5, 5.41) is 16.6.